The van der Waals surface area contributed by atoms with Gasteiger partial charge in [-0.05, 0) is 62.4 Å². The highest BCUT2D eigenvalue weighted by Gasteiger charge is 2.31. The van der Waals surface area contributed by atoms with Gasteiger partial charge in [0.2, 0.25) is 5.91 Å². The first-order valence-electron chi connectivity index (χ1n) is 9.82. The monoisotopic (exact) mass is 434 g/mol. The van der Waals surface area contributed by atoms with Crippen molar-refractivity contribution in [3.8, 4) is 0 Å². The molecule has 156 valence electrons. The lowest BCUT2D eigenvalue weighted by Gasteiger charge is -2.33. The van der Waals surface area contributed by atoms with E-state index in [2.05, 4.69) is 6.92 Å². The lowest BCUT2D eigenvalue weighted by atomic mass is 9.99. The molecule has 0 aliphatic carbocycles. The molecule has 1 heterocycles. The van der Waals surface area contributed by atoms with Gasteiger partial charge in [-0.2, -0.15) is 0 Å². The molecule has 1 amide bonds. The minimum absolute atomic E-state index is 0.155. The van der Waals surface area contributed by atoms with Crippen molar-refractivity contribution in [1.82, 2.24) is 4.90 Å². The van der Waals surface area contributed by atoms with Crippen LogP contribution in [0.1, 0.15) is 30.9 Å². The number of sulfonamides is 1. The predicted octanol–water partition coefficient (Wildman–Crippen LogP) is 4.41. The first-order chi connectivity index (χ1) is 13.7. The number of halogens is 1. The number of piperidine rings is 1. The molecule has 0 saturated carbocycles. The molecule has 0 atom stereocenters. The number of aryl methyl sites for hydroxylation is 2. The van der Waals surface area contributed by atoms with Crippen LogP contribution in [0.2, 0.25) is 5.02 Å². The van der Waals surface area contributed by atoms with Gasteiger partial charge in [-0.3, -0.25) is 9.10 Å². The lowest BCUT2D eigenvalue weighted by Crippen LogP contribution is -2.46. The fourth-order valence-corrected chi connectivity index (χ4v) is 5.11. The van der Waals surface area contributed by atoms with Gasteiger partial charge in [0, 0.05) is 18.1 Å². The maximum Gasteiger partial charge on any atom is 0.264 e. The zero-order valence-electron chi connectivity index (χ0n) is 17.1. The third-order valence-electron chi connectivity index (χ3n) is 5.46. The second-order valence-corrected chi connectivity index (χ2v) is 10.1. The highest BCUT2D eigenvalue weighted by atomic mass is 35.5. The summed E-state index contributed by atoms with van der Waals surface area (Å²) in [5, 5.41) is 0.425. The van der Waals surface area contributed by atoms with E-state index in [9.17, 15) is 13.2 Å². The van der Waals surface area contributed by atoms with Crippen LogP contribution < -0.4 is 4.31 Å². The quantitative estimate of drug-likeness (QED) is 0.700. The molecule has 5 nitrogen and oxygen atoms in total. The number of rotatable bonds is 5. The van der Waals surface area contributed by atoms with Gasteiger partial charge in [-0.25, -0.2) is 8.42 Å². The Hall–Kier alpha value is -2.05. The number of hydrogen-bond acceptors (Lipinski definition) is 3. The van der Waals surface area contributed by atoms with E-state index in [1.165, 1.54) is 4.31 Å². The second kappa shape index (κ2) is 8.76. The molecule has 3 rings (SSSR count). The van der Waals surface area contributed by atoms with Crippen molar-refractivity contribution in [2.24, 2.45) is 5.92 Å². The van der Waals surface area contributed by atoms with Crippen molar-refractivity contribution in [2.75, 3.05) is 23.9 Å². The van der Waals surface area contributed by atoms with Gasteiger partial charge < -0.3 is 4.90 Å². The lowest BCUT2D eigenvalue weighted by molar-refractivity contribution is -0.130. The Balaban J connectivity index is 1.99. The van der Waals surface area contributed by atoms with E-state index in [0.717, 1.165) is 24.0 Å². The summed E-state index contributed by atoms with van der Waals surface area (Å²) in [6.07, 6.45) is 1.87. The molecular weight excluding hydrogens is 408 g/mol. The Morgan fingerprint density at radius 1 is 1.10 bits per heavy atom. The molecule has 1 aliphatic heterocycles. The molecule has 7 heteroatoms. The third-order valence-corrected chi connectivity index (χ3v) is 7.47. The smallest absolute Gasteiger partial charge is 0.264 e. The number of likely N-dealkylation sites (tertiary alicyclic amines) is 1. The van der Waals surface area contributed by atoms with Gasteiger partial charge >= 0.3 is 0 Å². The zero-order chi connectivity index (χ0) is 21.2. The van der Waals surface area contributed by atoms with Gasteiger partial charge in [0.25, 0.3) is 10.0 Å². The molecule has 0 N–H and O–H groups in total. The van der Waals surface area contributed by atoms with E-state index < -0.39 is 10.0 Å². The van der Waals surface area contributed by atoms with Crippen LogP contribution in [0, 0.1) is 19.8 Å². The fraction of sp³-hybridized carbons (Fsp3) is 0.409. The van der Waals surface area contributed by atoms with Crippen LogP contribution in [0.5, 0.6) is 0 Å². The highest BCUT2D eigenvalue weighted by molar-refractivity contribution is 7.92. The normalized spacial score (nSPS) is 15.4. The number of carbonyl (C=O) groups excluding carboxylic acids is 1. The van der Waals surface area contributed by atoms with E-state index in [-0.39, 0.29) is 17.3 Å². The molecule has 2 aromatic carbocycles. The van der Waals surface area contributed by atoms with Crippen molar-refractivity contribution < 1.29 is 13.2 Å². The standard InChI is InChI=1S/C22H27ClN2O3S/c1-16-4-8-20(9-5-16)29(27,28)25(21-14-19(23)7-6-18(21)3)15-22(26)24-12-10-17(2)11-13-24/h4-9,14,17H,10-13,15H2,1-3H3. The number of anilines is 1. The largest absolute Gasteiger partial charge is 0.341 e. The van der Waals surface area contributed by atoms with Crippen LogP contribution in [0.25, 0.3) is 0 Å². The number of carbonyl (C=O) groups is 1. The summed E-state index contributed by atoms with van der Waals surface area (Å²) in [6.45, 7) is 6.96. The second-order valence-electron chi connectivity index (χ2n) is 7.82. The molecule has 29 heavy (non-hydrogen) atoms. The minimum Gasteiger partial charge on any atom is -0.341 e. The Morgan fingerprint density at radius 2 is 1.72 bits per heavy atom. The molecule has 1 fully saturated rings. The van der Waals surface area contributed by atoms with Crippen LogP contribution >= 0.6 is 11.6 Å². The zero-order valence-corrected chi connectivity index (χ0v) is 18.6. The van der Waals surface area contributed by atoms with Gasteiger partial charge in [-0.15, -0.1) is 0 Å². The summed E-state index contributed by atoms with van der Waals surface area (Å²) in [7, 11) is -3.93. The van der Waals surface area contributed by atoms with Crippen LogP contribution in [-0.2, 0) is 14.8 Å². The van der Waals surface area contributed by atoms with Crippen LogP contribution in [0.3, 0.4) is 0 Å². The molecule has 0 radical (unpaired) electrons. The van der Waals surface area contributed by atoms with Crippen molar-refractivity contribution in [2.45, 2.75) is 38.5 Å². The summed E-state index contributed by atoms with van der Waals surface area (Å²) in [6, 6.07) is 11.7. The fourth-order valence-electron chi connectivity index (χ4n) is 3.47. The Bertz CT molecular complexity index is 982. The van der Waals surface area contributed by atoms with Gasteiger partial charge in [0.15, 0.2) is 0 Å². The summed E-state index contributed by atoms with van der Waals surface area (Å²) < 4.78 is 28.2. The molecule has 0 unspecified atom stereocenters. The van der Waals surface area contributed by atoms with E-state index in [0.29, 0.717) is 29.7 Å². The number of benzene rings is 2. The molecule has 0 spiro atoms. The van der Waals surface area contributed by atoms with E-state index >= 15 is 0 Å². The molecule has 2 aromatic rings. The maximum absolute atomic E-state index is 13.5. The number of hydrogen-bond donors (Lipinski definition) is 0. The van der Waals surface area contributed by atoms with E-state index in [1.54, 1.807) is 47.4 Å². The topological polar surface area (TPSA) is 57.7 Å². The average molecular weight is 435 g/mol. The molecule has 0 bridgehead atoms. The van der Waals surface area contributed by atoms with Crippen LogP contribution in [0.4, 0.5) is 5.69 Å². The summed E-state index contributed by atoms with van der Waals surface area (Å²) in [5.41, 5.74) is 2.13. The van der Waals surface area contributed by atoms with Gasteiger partial charge in [-0.1, -0.05) is 42.3 Å². The van der Waals surface area contributed by atoms with E-state index in [1.807, 2.05) is 13.8 Å². The number of amides is 1. The Kier molecular flexibility index (Phi) is 6.54. The van der Waals surface area contributed by atoms with E-state index in [4.69, 9.17) is 11.6 Å². The first-order valence-corrected chi connectivity index (χ1v) is 11.6. The van der Waals surface area contributed by atoms with Gasteiger partial charge in [0.05, 0.1) is 10.6 Å². The number of nitrogens with zero attached hydrogens (tertiary/aromatic N) is 2. The highest BCUT2D eigenvalue weighted by Crippen LogP contribution is 2.30. The Morgan fingerprint density at radius 3 is 2.34 bits per heavy atom. The third kappa shape index (κ3) is 4.93. The first kappa shape index (κ1) is 21.7. The molecule has 1 aliphatic rings. The van der Waals surface area contributed by atoms with Crippen LogP contribution in [-0.4, -0.2) is 38.9 Å². The SMILES string of the molecule is Cc1ccc(S(=O)(=O)N(CC(=O)N2CCC(C)CC2)c2cc(Cl)ccc2C)cc1. The predicted molar refractivity (Wildman–Crippen MR) is 117 cm³/mol. The Labute approximate surface area is 178 Å². The summed E-state index contributed by atoms with van der Waals surface area (Å²) >= 11 is 6.16. The summed E-state index contributed by atoms with van der Waals surface area (Å²) in [4.78, 5) is 14.9. The van der Waals surface area contributed by atoms with Crippen molar-refractivity contribution >= 4 is 33.2 Å². The van der Waals surface area contributed by atoms with Crippen molar-refractivity contribution in [1.29, 1.82) is 0 Å². The molecular formula is C22H27ClN2O3S. The molecule has 0 aromatic heterocycles. The minimum atomic E-state index is -3.93. The maximum atomic E-state index is 13.5. The van der Waals surface area contributed by atoms with Crippen molar-refractivity contribution in [3.63, 3.8) is 0 Å². The van der Waals surface area contributed by atoms with Gasteiger partial charge in [0.1, 0.15) is 6.54 Å². The molecule has 1 saturated heterocycles. The van der Waals surface area contributed by atoms with Crippen molar-refractivity contribution in [3.05, 3.63) is 58.6 Å². The average Bonchev–Trinajstić information content (AvgIpc) is 2.68. The summed E-state index contributed by atoms with van der Waals surface area (Å²) in [5.74, 6) is 0.397. The van der Waals surface area contributed by atoms with Crippen LogP contribution in [0.15, 0.2) is 47.4 Å².